The van der Waals surface area contributed by atoms with Crippen molar-refractivity contribution in [2.75, 3.05) is 13.2 Å². The van der Waals surface area contributed by atoms with E-state index in [1.807, 2.05) is 28.0 Å². The van der Waals surface area contributed by atoms with Gasteiger partial charge >= 0.3 is 0 Å². The molecular formula is C14H18N4O2. The van der Waals surface area contributed by atoms with Crippen LogP contribution in [0.4, 0.5) is 0 Å². The predicted molar refractivity (Wildman–Crippen MR) is 72.4 cm³/mol. The van der Waals surface area contributed by atoms with E-state index in [2.05, 4.69) is 10.2 Å². The third-order valence-electron chi connectivity index (χ3n) is 3.91. The van der Waals surface area contributed by atoms with Crippen molar-refractivity contribution in [1.29, 1.82) is 0 Å². The Hall–Kier alpha value is -1.82. The van der Waals surface area contributed by atoms with Crippen molar-refractivity contribution in [2.45, 2.75) is 38.5 Å². The Morgan fingerprint density at radius 3 is 3.00 bits per heavy atom. The normalized spacial score (nSPS) is 22.3. The molecule has 0 aliphatic carbocycles. The second-order valence-electron chi connectivity index (χ2n) is 5.32. The van der Waals surface area contributed by atoms with Crippen LogP contribution in [0.25, 0.3) is 11.1 Å². The second kappa shape index (κ2) is 4.94. The molecule has 2 aromatic heterocycles. The monoisotopic (exact) mass is 274 g/mol. The maximum absolute atomic E-state index is 5.76. The lowest BCUT2D eigenvalue weighted by atomic mass is 10.2. The van der Waals surface area contributed by atoms with E-state index in [1.165, 1.54) is 6.42 Å². The Labute approximate surface area is 117 Å². The Morgan fingerprint density at radius 2 is 2.10 bits per heavy atom. The van der Waals surface area contributed by atoms with E-state index in [0.29, 0.717) is 0 Å². The van der Waals surface area contributed by atoms with Gasteiger partial charge < -0.3 is 9.47 Å². The van der Waals surface area contributed by atoms with Crippen molar-refractivity contribution in [1.82, 2.24) is 19.6 Å². The summed E-state index contributed by atoms with van der Waals surface area (Å²) in [7, 11) is 0. The molecule has 0 saturated carbocycles. The summed E-state index contributed by atoms with van der Waals surface area (Å²) in [5.41, 5.74) is 2.06. The van der Waals surface area contributed by atoms with Gasteiger partial charge in [0, 0.05) is 31.3 Å². The Balaban J connectivity index is 1.63. The quantitative estimate of drug-likeness (QED) is 0.842. The van der Waals surface area contributed by atoms with Crippen LogP contribution in [0.2, 0.25) is 0 Å². The number of nitrogens with zero attached hydrogens (tertiary/aromatic N) is 4. The number of ether oxygens (including phenoxy) is 2. The summed E-state index contributed by atoms with van der Waals surface area (Å²) in [5, 5.41) is 8.82. The van der Waals surface area contributed by atoms with Crippen LogP contribution in [-0.4, -0.2) is 32.8 Å². The molecule has 106 valence electrons. The number of rotatable bonds is 2. The van der Waals surface area contributed by atoms with Crippen LogP contribution in [0.5, 0.6) is 5.88 Å². The van der Waals surface area contributed by atoms with Gasteiger partial charge in [-0.15, -0.1) is 0 Å². The van der Waals surface area contributed by atoms with Crippen molar-refractivity contribution >= 4 is 0 Å². The molecule has 1 atom stereocenters. The first-order chi connectivity index (χ1) is 9.92. The average Bonchev–Trinajstić information content (AvgIpc) is 3.14. The van der Waals surface area contributed by atoms with Gasteiger partial charge in [-0.05, 0) is 19.3 Å². The van der Waals surface area contributed by atoms with Crippen LogP contribution >= 0.6 is 0 Å². The molecule has 1 unspecified atom stereocenters. The largest absolute Gasteiger partial charge is 0.477 e. The van der Waals surface area contributed by atoms with Gasteiger partial charge in [-0.2, -0.15) is 10.2 Å². The van der Waals surface area contributed by atoms with E-state index < -0.39 is 0 Å². The zero-order valence-corrected chi connectivity index (χ0v) is 11.4. The van der Waals surface area contributed by atoms with E-state index in [-0.39, 0.29) is 6.23 Å². The minimum absolute atomic E-state index is 0.0739. The highest BCUT2D eigenvalue weighted by atomic mass is 16.5. The van der Waals surface area contributed by atoms with Gasteiger partial charge in [0.1, 0.15) is 6.23 Å². The third kappa shape index (κ3) is 2.00. The first kappa shape index (κ1) is 12.0. The van der Waals surface area contributed by atoms with E-state index in [0.717, 1.165) is 56.0 Å². The lowest BCUT2D eigenvalue weighted by Gasteiger charge is -2.22. The highest BCUT2D eigenvalue weighted by molar-refractivity contribution is 5.66. The highest BCUT2D eigenvalue weighted by Crippen LogP contribution is 2.32. The molecule has 0 N–H and O–H groups in total. The molecular weight excluding hydrogens is 256 g/mol. The summed E-state index contributed by atoms with van der Waals surface area (Å²) < 4.78 is 15.3. The highest BCUT2D eigenvalue weighted by Gasteiger charge is 2.21. The molecule has 2 aromatic rings. The van der Waals surface area contributed by atoms with Crippen LogP contribution in [0.3, 0.4) is 0 Å². The van der Waals surface area contributed by atoms with Crippen molar-refractivity contribution in [3.8, 4) is 17.0 Å². The summed E-state index contributed by atoms with van der Waals surface area (Å²) in [5.74, 6) is 0.861. The molecule has 0 bridgehead atoms. The zero-order valence-electron chi connectivity index (χ0n) is 11.4. The van der Waals surface area contributed by atoms with Gasteiger partial charge in [0.25, 0.3) is 0 Å². The molecule has 4 heterocycles. The first-order valence-electron chi connectivity index (χ1n) is 7.26. The summed E-state index contributed by atoms with van der Waals surface area (Å²) in [6.45, 7) is 2.51. The minimum atomic E-state index is 0.0739. The zero-order chi connectivity index (χ0) is 13.4. The Bertz CT molecular complexity index is 598. The molecule has 0 aromatic carbocycles. The lowest BCUT2D eigenvalue weighted by Crippen LogP contribution is -2.18. The van der Waals surface area contributed by atoms with Crippen molar-refractivity contribution in [2.24, 2.45) is 0 Å². The maximum atomic E-state index is 5.76. The van der Waals surface area contributed by atoms with Crippen LogP contribution in [-0.2, 0) is 11.3 Å². The van der Waals surface area contributed by atoms with Gasteiger partial charge in [-0.1, -0.05) is 0 Å². The van der Waals surface area contributed by atoms with E-state index >= 15 is 0 Å². The molecule has 1 fully saturated rings. The molecule has 2 aliphatic rings. The molecule has 1 saturated heterocycles. The molecule has 0 spiro atoms. The third-order valence-corrected chi connectivity index (χ3v) is 3.91. The molecule has 20 heavy (non-hydrogen) atoms. The molecule has 6 nitrogen and oxygen atoms in total. The Morgan fingerprint density at radius 1 is 1.10 bits per heavy atom. The number of fused-ring (bicyclic) bond motifs is 1. The standard InChI is InChI=1S/C14H18N4O2/c1-2-6-19-13(4-1)18-10-11(8-15-18)12-9-16-17-5-3-7-20-14(12)17/h8-10,13H,1-7H2. The van der Waals surface area contributed by atoms with Gasteiger partial charge in [-0.3, -0.25) is 0 Å². The van der Waals surface area contributed by atoms with Crippen LogP contribution in [0.15, 0.2) is 18.6 Å². The van der Waals surface area contributed by atoms with Crippen LogP contribution in [0, 0.1) is 0 Å². The topological polar surface area (TPSA) is 54.1 Å². The fourth-order valence-electron chi connectivity index (χ4n) is 2.83. The van der Waals surface area contributed by atoms with E-state index in [4.69, 9.17) is 9.47 Å². The van der Waals surface area contributed by atoms with Crippen molar-refractivity contribution in [3.05, 3.63) is 18.6 Å². The molecule has 0 amide bonds. The number of hydrogen-bond donors (Lipinski definition) is 0. The fraction of sp³-hybridized carbons (Fsp3) is 0.571. The minimum Gasteiger partial charge on any atom is -0.477 e. The molecule has 2 aliphatic heterocycles. The molecule has 4 rings (SSSR count). The number of aryl methyl sites for hydroxylation is 1. The van der Waals surface area contributed by atoms with Gasteiger partial charge in [0.2, 0.25) is 5.88 Å². The van der Waals surface area contributed by atoms with Gasteiger partial charge in [0.05, 0.1) is 24.6 Å². The van der Waals surface area contributed by atoms with Crippen LogP contribution in [0.1, 0.15) is 31.9 Å². The summed E-state index contributed by atoms with van der Waals surface area (Å²) in [6.07, 6.45) is 10.2. The van der Waals surface area contributed by atoms with E-state index in [1.54, 1.807) is 0 Å². The Kier molecular flexibility index (Phi) is 2.95. The van der Waals surface area contributed by atoms with Crippen molar-refractivity contribution < 1.29 is 9.47 Å². The summed E-state index contributed by atoms with van der Waals surface area (Å²) in [6, 6.07) is 0. The summed E-state index contributed by atoms with van der Waals surface area (Å²) >= 11 is 0. The average molecular weight is 274 g/mol. The molecule has 6 heteroatoms. The second-order valence-corrected chi connectivity index (χ2v) is 5.32. The number of aromatic nitrogens is 4. The van der Waals surface area contributed by atoms with E-state index in [9.17, 15) is 0 Å². The van der Waals surface area contributed by atoms with Gasteiger partial charge in [-0.25, -0.2) is 9.36 Å². The maximum Gasteiger partial charge on any atom is 0.219 e. The first-order valence-corrected chi connectivity index (χ1v) is 7.26. The molecule has 0 radical (unpaired) electrons. The summed E-state index contributed by atoms with van der Waals surface area (Å²) in [4.78, 5) is 0. The van der Waals surface area contributed by atoms with Crippen molar-refractivity contribution in [3.63, 3.8) is 0 Å². The predicted octanol–water partition coefficient (Wildman–Crippen LogP) is 2.23. The smallest absolute Gasteiger partial charge is 0.219 e. The van der Waals surface area contributed by atoms with Crippen LogP contribution < -0.4 is 4.74 Å². The fourth-order valence-corrected chi connectivity index (χ4v) is 2.83. The lowest BCUT2D eigenvalue weighted by molar-refractivity contribution is -0.0394. The van der Waals surface area contributed by atoms with Gasteiger partial charge in [0.15, 0.2) is 0 Å². The SMILES string of the molecule is c1nn(C2CCCCO2)cc1-c1cnn2c1OCCC2. The number of hydrogen-bond acceptors (Lipinski definition) is 4.